The van der Waals surface area contributed by atoms with Crippen molar-refractivity contribution >= 4 is 28.6 Å². The number of aromatic nitrogens is 4. The molecule has 154 valence electrons. The lowest BCUT2D eigenvalue weighted by Gasteiger charge is -2.13. The lowest BCUT2D eigenvalue weighted by molar-refractivity contribution is 0.0524. The molecule has 0 saturated carbocycles. The van der Waals surface area contributed by atoms with Crippen molar-refractivity contribution in [3.63, 3.8) is 0 Å². The fourth-order valence-corrected chi connectivity index (χ4v) is 4.04. The van der Waals surface area contributed by atoms with Crippen LogP contribution in [0.3, 0.4) is 0 Å². The van der Waals surface area contributed by atoms with Crippen LogP contribution in [0.15, 0.2) is 34.2 Å². The fraction of sp³-hybridized carbons (Fsp3) is 0.400. The number of esters is 1. The molecule has 9 heteroatoms. The smallest absolute Gasteiger partial charge is 0.343 e. The van der Waals surface area contributed by atoms with Crippen LogP contribution in [-0.2, 0) is 21.8 Å². The molecule has 1 aromatic carbocycles. The first-order valence-electron chi connectivity index (χ1n) is 9.39. The van der Waals surface area contributed by atoms with Crippen molar-refractivity contribution in [2.24, 2.45) is 0 Å². The highest BCUT2D eigenvalue weighted by atomic mass is 32.2. The zero-order chi connectivity index (χ0) is 20.8. The number of methoxy groups -OCH3 is 1. The van der Waals surface area contributed by atoms with Gasteiger partial charge in [0.25, 0.3) is 0 Å². The molecule has 0 amide bonds. The Morgan fingerprint density at radius 2 is 2.10 bits per heavy atom. The number of nitrogens with one attached hydrogen (secondary N) is 1. The van der Waals surface area contributed by atoms with Gasteiger partial charge in [0.15, 0.2) is 5.16 Å². The Bertz CT molecular complexity index is 1060. The lowest BCUT2D eigenvalue weighted by Crippen LogP contribution is -2.18. The van der Waals surface area contributed by atoms with E-state index in [1.807, 2.05) is 31.2 Å². The lowest BCUT2D eigenvalue weighted by atomic mass is 10.0. The van der Waals surface area contributed by atoms with Crippen LogP contribution in [0.4, 0.5) is 0 Å². The number of para-hydroxylation sites is 1. The molecule has 8 nitrogen and oxygen atoms in total. The summed E-state index contributed by atoms with van der Waals surface area (Å²) in [5.41, 5.74) is 2.47. The summed E-state index contributed by atoms with van der Waals surface area (Å²) in [6, 6.07) is 7.69. The number of carbonyl (C=O) groups excluding carboxylic acids is 1. The molecule has 0 unspecified atom stereocenters. The van der Waals surface area contributed by atoms with Crippen LogP contribution in [0.2, 0.25) is 0 Å². The highest BCUT2D eigenvalue weighted by Gasteiger charge is 2.21. The maximum atomic E-state index is 12.6. The molecule has 0 spiro atoms. The SMILES string of the molecule is CCOC(=O)c1c(CSc2n[nH]c(=O)n2CCCOC)nc2ccccc2c1C. The summed E-state index contributed by atoms with van der Waals surface area (Å²) in [6.45, 7) is 5.02. The molecule has 29 heavy (non-hydrogen) atoms. The molecule has 0 aliphatic rings. The van der Waals surface area contributed by atoms with Gasteiger partial charge in [0.2, 0.25) is 0 Å². The van der Waals surface area contributed by atoms with Crippen molar-refractivity contribution in [2.75, 3.05) is 20.3 Å². The molecular formula is C20H24N4O4S. The molecule has 0 saturated heterocycles. The maximum absolute atomic E-state index is 12.6. The number of aryl methyl sites for hydroxylation is 1. The molecule has 0 fully saturated rings. The second-order valence-corrected chi connectivity index (χ2v) is 7.34. The van der Waals surface area contributed by atoms with Gasteiger partial charge in [-0.05, 0) is 31.9 Å². The first kappa shape index (κ1) is 21.1. The van der Waals surface area contributed by atoms with E-state index in [4.69, 9.17) is 14.5 Å². The number of thioether (sulfide) groups is 1. The summed E-state index contributed by atoms with van der Waals surface area (Å²) >= 11 is 1.36. The zero-order valence-corrected chi connectivity index (χ0v) is 17.5. The summed E-state index contributed by atoms with van der Waals surface area (Å²) < 4.78 is 11.9. The van der Waals surface area contributed by atoms with Crippen LogP contribution in [0, 0.1) is 6.92 Å². The Labute approximate surface area is 172 Å². The molecule has 0 bridgehead atoms. The largest absolute Gasteiger partial charge is 0.462 e. The number of H-pyrrole nitrogens is 1. The molecule has 1 N–H and O–H groups in total. The van der Waals surface area contributed by atoms with E-state index >= 15 is 0 Å². The van der Waals surface area contributed by atoms with E-state index in [2.05, 4.69) is 10.2 Å². The minimum Gasteiger partial charge on any atom is -0.462 e. The van der Waals surface area contributed by atoms with Crippen LogP contribution in [0.25, 0.3) is 10.9 Å². The molecule has 3 rings (SSSR count). The molecule has 2 aromatic heterocycles. The van der Waals surface area contributed by atoms with E-state index in [1.165, 1.54) is 11.8 Å². The van der Waals surface area contributed by atoms with E-state index in [1.54, 1.807) is 18.6 Å². The quantitative estimate of drug-likeness (QED) is 0.325. The molecule has 0 aliphatic heterocycles. The predicted octanol–water partition coefficient (Wildman–Crippen LogP) is 2.93. The van der Waals surface area contributed by atoms with Crippen molar-refractivity contribution < 1.29 is 14.3 Å². The second kappa shape index (κ2) is 9.71. The van der Waals surface area contributed by atoms with Gasteiger partial charge in [0.1, 0.15) is 0 Å². The first-order valence-corrected chi connectivity index (χ1v) is 10.4. The Morgan fingerprint density at radius 3 is 2.86 bits per heavy atom. The van der Waals surface area contributed by atoms with E-state index < -0.39 is 5.97 Å². The number of nitrogens with zero attached hydrogens (tertiary/aromatic N) is 3. The van der Waals surface area contributed by atoms with Crippen LogP contribution < -0.4 is 5.69 Å². The summed E-state index contributed by atoms with van der Waals surface area (Å²) in [5.74, 6) is -0.00708. The topological polar surface area (TPSA) is 99.1 Å². The zero-order valence-electron chi connectivity index (χ0n) is 16.7. The molecule has 3 aromatic rings. The van der Waals surface area contributed by atoms with Crippen molar-refractivity contribution in [1.82, 2.24) is 19.7 Å². The molecular weight excluding hydrogens is 392 g/mol. The molecule has 0 atom stereocenters. The first-order chi connectivity index (χ1) is 14.1. The summed E-state index contributed by atoms with van der Waals surface area (Å²) in [7, 11) is 1.62. The molecule has 0 aliphatic carbocycles. The number of aromatic amines is 1. The summed E-state index contributed by atoms with van der Waals surface area (Å²) in [4.78, 5) is 29.4. The number of ether oxygens (including phenoxy) is 2. The van der Waals surface area contributed by atoms with Crippen molar-refractivity contribution in [1.29, 1.82) is 0 Å². The van der Waals surface area contributed by atoms with Gasteiger partial charge < -0.3 is 9.47 Å². The monoisotopic (exact) mass is 416 g/mol. The number of benzene rings is 1. The molecule has 2 heterocycles. The van der Waals surface area contributed by atoms with E-state index in [9.17, 15) is 9.59 Å². The number of fused-ring (bicyclic) bond motifs is 1. The van der Waals surface area contributed by atoms with E-state index in [0.717, 1.165) is 16.5 Å². The normalized spacial score (nSPS) is 11.1. The average Bonchev–Trinajstić information content (AvgIpc) is 3.06. The number of hydrogen-bond acceptors (Lipinski definition) is 7. The van der Waals surface area contributed by atoms with E-state index in [0.29, 0.717) is 41.7 Å². The van der Waals surface area contributed by atoms with Crippen LogP contribution >= 0.6 is 11.8 Å². The van der Waals surface area contributed by atoms with Crippen molar-refractivity contribution in [3.05, 3.63) is 51.6 Å². The van der Waals surface area contributed by atoms with Crippen molar-refractivity contribution in [3.8, 4) is 0 Å². The third-order valence-electron chi connectivity index (χ3n) is 4.50. The minimum absolute atomic E-state index is 0.267. The van der Waals surface area contributed by atoms with Crippen LogP contribution in [0.1, 0.15) is 35.0 Å². The average molecular weight is 417 g/mol. The predicted molar refractivity (Wildman–Crippen MR) is 111 cm³/mol. The molecule has 0 radical (unpaired) electrons. The van der Waals surface area contributed by atoms with Gasteiger partial charge in [-0.2, -0.15) is 0 Å². The second-order valence-electron chi connectivity index (χ2n) is 6.39. The Hall–Kier alpha value is -2.65. The highest BCUT2D eigenvalue weighted by Crippen LogP contribution is 2.28. The Morgan fingerprint density at radius 1 is 1.31 bits per heavy atom. The number of carbonyl (C=O) groups is 1. The number of rotatable bonds is 9. The van der Waals surface area contributed by atoms with E-state index in [-0.39, 0.29) is 12.3 Å². The Kier molecular flexibility index (Phi) is 7.05. The maximum Gasteiger partial charge on any atom is 0.343 e. The minimum atomic E-state index is -0.390. The third kappa shape index (κ3) is 4.68. The van der Waals surface area contributed by atoms with Gasteiger partial charge >= 0.3 is 11.7 Å². The van der Waals surface area contributed by atoms with Crippen LogP contribution in [0.5, 0.6) is 0 Å². The van der Waals surface area contributed by atoms with Gasteiger partial charge in [-0.1, -0.05) is 30.0 Å². The summed E-state index contributed by atoms with van der Waals surface area (Å²) in [5, 5.41) is 8.06. The van der Waals surface area contributed by atoms with Gasteiger partial charge in [-0.15, -0.1) is 5.10 Å². The van der Waals surface area contributed by atoms with Gasteiger partial charge in [0.05, 0.1) is 23.4 Å². The van der Waals surface area contributed by atoms with Crippen LogP contribution in [-0.4, -0.2) is 46.0 Å². The van der Waals surface area contributed by atoms with Gasteiger partial charge in [-0.25, -0.2) is 14.7 Å². The van der Waals surface area contributed by atoms with Gasteiger partial charge in [-0.3, -0.25) is 9.55 Å². The number of pyridine rings is 1. The fourth-order valence-electron chi connectivity index (χ4n) is 3.13. The third-order valence-corrected chi connectivity index (χ3v) is 5.49. The standard InChI is InChI=1S/C20H24N4O4S/c1-4-28-18(25)17-13(2)14-8-5-6-9-15(14)21-16(17)12-29-20-23-22-19(26)24(20)10-7-11-27-3/h5-6,8-9H,4,7,10-12H2,1-3H3,(H,22,26). The van der Waals surface area contributed by atoms with Gasteiger partial charge in [0, 0.05) is 31.4 Å². The Balaban J connectivity index is 1.93. The van der Waals surface area contributed by atoms with Crippen molar-refractivity contribution in [2.45, 2.75) is 37.7 Å². The summed E-state index contributed by atoms with van der Waals surface area (Å²) in [6.07, 6.45) is 0.699. The highest BCUT2D eigenvalue weighted by molar-refractivity contribution is 7.98. The number of hydrogen-bond donors (Lipinski definition) is 1.